The van der Waals surface area contributed by atoms with Crippen LogP contribution >= 0.6 is 0 Å². The third-order valence-electron chi connectivity index (χ3n) is 2.81. The number of hydrogen-bond acceptors (Lipinski definition) is 1. The summed E-state index contributed by atoms with van der Waals surface area (Å²) >= 11 is 0. The Hall–Kier alpha value is -1.08. The highest BCUT2D eigenvalue weighted by molar-refractivity contribution is 5.50. The summed E-state index contributed by atoms with van der Waals surface area (Å²) in [6.45, 7) is 8.11. The first kappa shape index (κ1) is 14.0. The summed E-state index contributed by atoms with van der Waals surface area (Å²) < 4.78 is 0. The smallest absolute Gasteiger partial charge is 0.0594 e. The standard InChI is InChI=1S/C16H24O/c1-13(2)15-10-7-9-14(12-15)8-5-6-11-16(3,4)17/h5,7-10,12-13,17H,6,11H2,1-4H3/b8-5+. The topological polar surface area (TPSA) is 20.2 Å². The quantitative estimate of drug-likeness (QED) is 0.799. The summed E-state index contributed by atoms with van der Waals surface area (Å²) in [5.41, 5.74) is 2.05. The lowest BCUT2D eigenvalue weighted by molar-refractivity contribution is 0.0722. The summed E-state index contributed by atoms with van der Waals surface area (Å²) in [7, 11) is 0. The normalized spacial score (nSPS) is 12.6. The Bertz CT molecular complexity index is 369. The molecule has 0 aliphatic rings. The fourth-order valence-corrected chi connectivity index (χ4v) is 1.68. The van der Waals surface area contributed by atoms with Crippen LogP contribution in [-0.2, 0) is 0 Å². The van der Waals surface area contributed by atoms with Crippen LogP contribution < -0.4 is 0 Å². The molecule has 1 N–H and O–H groups in total. The molecule has 0 fully saturated rings. The first-order chi connectivity index (χ1) is 7.88. The lowest BCUT2D eigenvalue weighted by Crippen LogP contribution is -2.17. The van der Waals surface area contributed by atoms with Gasteiger partial charge in [0.15, 0.2) is 0 Å². The maximum Gasteiger partial charge on any atom is 0.0594 e. The maximum absolute atomic E-state index is 9.60. The lowest BCUT2D eigenvalue weighted by Gasteiger charge is -2.14. The molecule has 0 saturated carbocycles. The van der Waals surface area contributed by atoms with Gasteiger partial charge in [-0.3, -0.25) is 0 Å². The van der Waals surface area contributed by atoms with Crippen molar-refractivity contribution in [1.29, 1.82) is 0 Å². The van der Waals surface area contributed by atoms with E-state index < -0.39 is 5.60 Å². The monoisotopic (exact) mass is 232 g/mol. The van der Waals surface area contributed by atoms with Crippen molar-refractivity contribution in [3.63, 3.8) is 0 Å². The number of aliphatic hydroxyl groups is 1. The summed E-state index contributed by atoms with van der Waals surface area (Å²) in [5, 5.41) is 9.60. The Kier molecular flexibility index (Phi) is 4.95. The molecule has 0 aliphatic carbocycles. The molecule has 0 aliphatic heterocycles. The number of hydrogen-bond donors (Lipinski definition) is 1. The third-order valence-corrected chi connectivity index (χ3v) is 2.81. The maximum atomic E-state index is 9.60. The van der Waals surface area contributed by atoms with Crippen LogP contribution in [0.2, 0.25) is 0 Å². The molecule has 17 heavy (non-hydrogen) atoms. The van der Waals surface area contributed by atoms with E-state index in [0.29, 0.717) is 5.92 Å². The molecule has 0 bridgehead atoms. The average Bonchev–Trinajstić information content (AvgIpc) is 2.23. The van der Waals surface area contributed by atoms with E-state index in [1.807, 2.05) is 13.8 Å². The number of allylic oxidation sites excluding steroid dienone is 1. The van der Waals surface area contributed by atoms with Crippen molar-refractivity contribution >= 4 is 6.08 Å². The van der Waals surface area contributed by atoms with Crippen LogP contribution in [0.3, 0.4) is 0 Å². The molecular formula is C16H24O. The molecule has 0 amide bonds. The highest BCUT2D eigenvalue weighted by Gasteiger charge is 2.09. The van der Waals surface area contributed by atoms with Crippen molar-refractivity contribution < 1.29 is 5.11 Å². The minimum Gasteiger partial charge on any atom is -0.390 e. The van der Waals surface area contributed by atoms with Gasteiger partial charge in [0, 0.05) is 0 Å². The van der Waals surface area contributed by atoms with Crippen LogP contribution in [0.25, 0.3) is 6.08 Å². The van der Waals surface area contributed by atoms with Crippen molar-refractivity contribution in [3.8, 4) is 0 Å². The molecule has 0 aromatic heterocycles. The van der Waals surface area contributed by atoms with E-state index in [0.717, 1.165) is 12.8 Å². The first-order valence-electron chi connectivity index (χ1n) is 6.37. The van der Waals surface area contributed by atoms with Crippen LogP contribution in [0.5, 0.6) is 0 Å². The molecule has 94 valence electrons. The zero-order valence-corrected chi connectivity index (χ0v) is 11.4. The van der Waals surface area contributed by atoms with Gasteiger partial charge >= 0.3 is 0 Å². The second kappa shape index (κ2) is 6.02. The number of rotatable bonds is 5. The van der Waals surface area contributed by atoms with Gasteiger partial charge in [0.1, 0.15) is 0 Å². The zero-order chi connectivity index (χ0) is 12.9. The van der Waals surface area contributed by atoms with E-state index in [4.69, 9.17) is 0 Å². The molecule has 0 radical (unpaired) electrons. The van der Waals surface area contributed by atoms with Crippen molar-refractivity contribution in [3.05, 3.63) is 41.5 Å². The summed E-state index contributed by atoms with van der Waals surface area (Å²) in [6.07, 6.45) is 5.98. The van der Waals surface area contributed by atoms with Gasteiger partial charge in [-0.2, -0.15) is 0 Å². The first-order valence-corrected chi connectivity index (χ1v) is 6.37. The van der Waals surface area contributed by atoms with E-state index in [9.17, 15) is 5.11 Å². The fraction of sp³-hybridized carbons (Fsp3) is 0.500. The highest BCUT2D eigenvalue weighted by Crippen LogP contribution is 2.17. The van der Waals surface area contributed by atoms with Crippen molar-refractivity contribution in [1.82, 2.24) is 0 Å². The predicted octanol–water partition coefficient (Wildman–Crippen LogP) is 4.37. The minimum absolute atomic E-state index is 0.565. The van der Waals surface area contributed by atoms with Crippen molar-refractivity contribution in [2.24, 2.45) is 0 Å². The Labute approximate surface area is 105 Å². The SMILES string of the molecule is CC(C)c1cccc(/C=C/CCC(C)(C)O)c1. The van der Waals surface area contributed by atoms with Gasteiger partial charge in [0.25, 0.3) is 0 Å². The van der Waals surface area contributed by atoms with Gasteiger partial charge in [-0.25, -0.2) is 0 Å². The highest BCUT2D eigenvalue weighted by atomic mass is 16.3. The zero-order valence-electron chi connectivity index (χ0n) is 11.4. The van der Waals surface area contributed by atoms with Crippen LogP contribution in [-0.4, -0.2) is 10.7 Å². The van der Waals surface area contributed by atoms with Crippen LogP contribution in [0.1, 0.15) is 57.6 Å². The Balaban J connectivity index is 2.56. The van der Waals surface area contributed by atoms with Crippen molar-refractivity contribution in [2.45, 2.75) is 52.1 Å². The fourth-order valence-electron chi connectivity index (χ4n) is 1.68. The summed E-state index contributed by atoms with van der Waals surface area (Å²) in [5.74, 6) is 0.569. The van der Waals surface area contributed by atoms with Gasteiger partial charge in [-0.05, 0) is 43.7 Å². The minimum atomic E-state index is -0.565. The Morgan fingerprint density at radius 2 is 2.00 bits per heavy atom. The summed E-state index contributed by atoms with van der Waals surface area (Å²) in [4.78, 5) is 0. The molecule has 1 heteroatoms. The molecule has 0 spiro atoms. The molecular weight excluding hydrogens is 208 g/mol. The summed E-state index contributed by atoms with van der Waals surface area (Å²) in [6, 6.07) is 8.61. The molecule has 0 heterocycles. The third kappa shape index (κ3) is 5.69. The molecule has 0 unspecified atom stereocenters. The largest absolute Gasteiger partial charge is 0.390 e. The molecule has 1 rings (SSSR count). The molecule has 1 nitrogen and oxygen atoms in total. The molecule has 1 aromatic carbocycles. The molecule has 0 saturated heterocycles. The van der Waals surface area contributed by atoms with E-state index in [1.54, 1.807) is 0 Å². The van der Waals surface area contributed by atoms with Gasteiger partial charge in [0.05, 0.1) is 5.60 Å². The van der Waals surface area contributed by atoms with E-state index in [1.165, 1.54) is 11.1 Å². The van der Waals surface area contributed by atoms with E-state index in [-0.39, 0.29) is 0 Å². The van der Waals surface area contributed by atoms with Gasteiger partial charge in [0.2, 0.25) is 0 Å². The number of benzene rings is 1. The Morgan fingerprint density at radius 3 is 2.59 bits per heavy atom. The molecule has 0 atom stereocenters. The van der Waals surface area contributed by atoms with E-state index in [2.05, 4.69) is 50.3 Å². The second-order valence-corrected chi connectivity index (χ2v) is 5.58. The van der Waals surface area contributed by atoms with Crippen LogP contribution in [0.15, 0.2) is 30.3 Å². The second-order valence-electron chi connectivity index (χ2n) is 5.58. The van der Waals surface area contributed by atoms with E-state index >= 15 is 0 Å². The molecule has 1 aromatic rings. The van der Waals surface area contributed by atoms with Crippen LogP contribution in [0.4, 0.5) is 0 Å². The van der Waals surface area contributed by atoms with Crippen molar-refractivity contribution in [2.75, 3.05) is 0 Å². The van der Waals surface area contributed by atoms with Gasteiger partial charge in [-0.1, -0.05) is 50.3 Å². The predicted molar refractivity (Wildman–Crippen MR) is 75.1 cm³/mol. The lowest BCUT2D eigenvalue weighted by atomic mass is 10.00. The average molecular weight is 232 g/mol. The van der Waals surface area contributed by atoms with Gasteiger partial charge in [-0.15, -0.1) is 0 Å². The van der Waals surface area contributed by atoms with Crippen LogP contribution in [0, 0.1) is 0 Å². The Morgan fingerprint density at radius 1 is 1.29 bits per heavy atom. The van der Waals surface area contributed by atoms with Gasteiger partial charge < -0.3 is 5.11 Å².